The Kier molecular flexibility index (Phi) is 2.06. The van der Waals surface area contributed by atoms with E-state index in [0.29, 0.717) is 0 Å². The summed E-state index contributed by atoms with van der Waals surface area (Å²) in [4.78, 5) is 4.33. The lowest BCUT2D eigenvalue weighted by atomic mass is 9.92. The van der Waals surface area contributed by atoms with Crippen molar-refractivity contribution in [3.63, 3.8) is 0 Å². The van der Waals surface area contributed by atoms with Gasteiger partial charge >= 0.3 is 0 Å². The molecule has 2 rings (SSSR count). The number of hydrogen-bond donors (Lipinski definition) is 2. The number of hydrogen-bond acceptors (Lipinski definition) is 3. The Morgan fingerprint density at radius 3 is 3.33 bits per heavy atom. The summed E-state index contributed by atoms with van der Waals surface area (Å²) in [5, 5.41) is 0. The van der Waals surface area contributed by atoms with E-state index in [2.05, 4.69) is 16.5 Å². The second kappa shape index (κ2) is 3.21. The average Bonchev–Trinajstić information content (AvgIpc) is 2.17. The fraction of sp³-hybridized carbons (Fsp3) is 0.444. The minimum Gasteiger partial charge on any atom is -0.271 e. The van der Waals surface area contributed by atoms with Crippen molar-refractivity contribution in [1.82, 2.24) is 10.4 Å². The first-order valence-corrected chi connectivity index (χ1v) is 4.31. The van der Waals surface area contributed by atoms with Gasteiger partial charge in [-0.25, -0.2) is 0 Å². The minimum atomic E-state index is 0.259. The van der Waals surface area contributed by atoms with Gasteiger partial charge in [0.1, 0.15) is 0 Å². The van der Waals surface area contributed by atoms with Crippen LogP contribution in [0, 0.1) is 0 Å². The second-order valence-corrected chi connectivity index (χ2v) is 3.16. The van der Waals surface area contributed by atoms with Crippen molar-refractivity contribution in [2.24, 2.45) is 5.84 Å². The van der Waals surface area contributed by atoms with Gasteiger partial charge in [0.05, 0.1) is 11.7 Å². The molecule has 0 spiro atoms. The Bertz CT molecular complexity index is 272. The number of nitrogens with two attached hydrogens (primary N) is 1. The highest BCUT2D eigenvalue weighted by molar-refractivity contribution is 5.25. The van der Waals surface area contributed by atoms with Crippen LogP contribution in [0.1, 0.15) is 30.1 Å². The fourth-order valence-electron chi connectivity index (χ4n) is 1.77. The predicted octanol–water partition coefficient (Wildman–Crippen LogP) is 0.922. The van der Waals surface area contributed by atoms with Gasteiger partial charge in [0, 0.05) is 6.20 Å². The van der Waals surface area contributed by atoms with Crippen LogP contribution in [-0.4, -0.2) is 4.98 Å². The third-order valence-corrected chi connectivity index (χ3v) is 2.40. The number of rotatable bonds is 1. The largest absolute Gasteiger partial charge is 0.271 e. The van der Waals surface area contributed by atoms with Gasteiger partial charge in [-0.05, 0) is 30.9 Å². The molecule has 0 bridgehead atoms. The van der Waals surface area contributed by atoms with E-state index in [-0.39, 0.29) is 6.04 Å². The van der Waals surface area contributed by atoms with Gasteiger partial charge in [-0.3, -0.25) is 16.3 Å². The summed E-state index contributed by atoms with van der Waals surface area (Å²) in [7, 11) is 0. The molecule has 3 nitrogen and oxygen atoms in total. The number of pyridine rings is 1. The van der Waals surface area contributed by atoms with E-state index in [1.165, 1.54) is 12.0 Å². The van der Waals surface area contributed by atoms with E-state index < -0.39 is 0 Å². The molecule has 1 aromatic heterocycles. The smallest absolute Gasteiger partial charge is 0.0635 e. The molecule has 3 N–H and O–H groups in total. The predicted molar refractivity (Wildman–Crippen MR) is 47.2 cm³/mol. The molecule has 3 heteroatoms. The van der Waals surface area contributed by atoms with Gasteiger partial charge in [-0.15, -0.1) is 0 Å². The van der Waals surface area contributed by atoms with Crippen LogP contribution in [0.3, 0.4) is 0 Å². The first kappa shape index (κ1) is 7.71. The van der Waals surface area contributed by atoms with E-state index in [1.807, 2.05) is 12.3 Å². The van der Waals surface area contributed by atoms with Crippen molar-refractivity contribution in [1.29, 1.82) is 0 Å². The van der Waals surface area contributed by atoms with Crippen molar-refractivity contribution >= 4 is 0 Å². The van der Waals surface area contributed by atoms with Crippen LogP contribution in [-0.2, 0) is 6.42 Å². The molecule has 0 radical (unpaired) electrons. The first-order chi connectivity index (χ1) is 5.92. The number of aromatic nitrogens is 1. The Hall–Kier alpha value is -0.930. The number of nitrogens with one attached hydrogen (secondary N) is 1. The van der Waals surface area contributed by atoms with Crippen molar-refractivity contribution in [3.8, 4) is 0 Å². The van der Waals surface area contributed by atoms with Crippen molar-refractivity contribution in [3.05, 3.63) is 29.6 Å². The molecule has 1 aliphatic rings. The van der Waals surface area contributed by atoms with Crippen LogP contribution in [0.2, 0.25) is 0 Å². The summed E-state index contributed by atoms with van der Waals surface area (Å²) in [6.07, 6.45) is 5.27. The molecule has 0 fully saturated rings. The van der Waals surface area contributed by atoms with Crippen LogP contribution in [0.25, 0.3) is 0 Å². The maximum Gasteiger partial charge on any atom is 0.0635 e. The summed E-state index contributed by atoms with van der Waals surface area (Å²) >= 11 is 0. The molecule has 1 atom stereocenters. The lowest BCUT2D eigenvalue weighted by Crippen LogP contribution is -2.31. The SMILES string of the molecule is NNC1CCCc2cccnc21. The molecule has 0 saturated heterocycles. The molecule has 1 aromatic rings. The summed E-state index contributed by atoms with van der Waals surface area (Å²) in [6.45, 7) is 0. The molecule has 1 heterocycles. The van der Waals surface area contributed by atoms with E-state index in [9.17, 15) is 0 Å². The van der Waals surface area contributed by atoms with Crippen LogP contribution >= 0.6 is 0 Å². The third-order valence-electron chi connectivity index (χ3n) is 2.40. The van der Waals surface area contributed by atoms with E-state index in [4.69, 9.17) is 5.84 Å². The summed E-state index contributed by atoms with van der Waals surface area (Å²) in [5.74, 6) is 5.43. The zero-order valence-electron chi connectivity index (χ0n) is 6.96. The highest BCUT2D eigenvalue weighted by atomic mass is 15.2. The molecule has 12 heavy (non-hydrogen) atoms. The Morgan fingerprint density at radius 1 is 1.58 bits per heavy atom. The van der Waals surface area contributed by atoms with Gasteiger partial charge < -0.3 is 0 Å². The van der Waals surface area contributed by atoms with Crippen molar-refractivity contribution in [2.75, 3.05) is 0 Å². The number of hydrazine groups is 1. The lowest BCUT2D eigenvalue weighted by Gasteiger charge is -2.22. The molecule has 0 aromatic carbocycles. The molecule has 1 unspecified atom stereocenters. The summed E-state index contributed by atoms with van der Waals surface area (Å²) < 4.78 is 0. The molecule has 64 valence electrons. The monoisotopic (exact) mass is 163 g/mol. The second-order valence-electron chi connectivity index (χ2n) is 3.16. The third kappa shape index (κ3) is 1.21. The minimum absolute atomic E-state index is 0.259. The van der Waals surface area contributed by atoms with Crippen LogP contribution in [0.4, 0.5) is 0 Å². The zero-order valence-corrected chi connectivity index (χ0v) is 6.96. The normalized spacial score (nSPS) is 21.9. The quantitative estimate of drug-likeness (QED) is 0.478. The number of aryl methyl sites for hydroxylation is 1. The zero-order chi connectivity index (χ0) is 8.39. The van der Waals surface area contributed by atoms with Gasteiger partial charge in [-0.2, -0.15) is 0 Å². The number of fused-ring (bicyclic) bond motifs is 1. The van der Waals surface area contributed by atoms with Crippen LogP contribution < -0.4 is 11.3 Å². The molecular formula is C9H13N3. The Balaban J connectivity index is 2.37. The van der Waals surface area contributed by atoms with Crippen molar-refractivity contribution in [2.45, 2.75) is 25.3 Å². The van der Waals surface area contributed by atoms with Gasteiger partial charge in [0.2, 0.25) is 0 Å². The van der Waals surface area contributed by atoms with E-state index >= 15 is 0 Å². The average molecular weight is 163 g/mol. The Labute approximate surface area is 72.0 Å². The van der Waals surface area contributed by atoms with Gasteiger partial charge in [0.25, 0.3) is 0 Å². The highest BCUT2D eigenvalue weighted by Gasteiger charge is 2.19. The fourth-order valence-corrected chi connectivity index (χ4v) is 1.77. The molecule has 0 aliphatic heterocycles. The molecule has 1 aliphatic carbocycles. The standard InChI is InChI=1S/C9H13N3/c10-12-8-5-1-3-7-4-2-6-11-9(7)8/h2,4,6,8,12H,1,3,5,10H2. The first-order valence-electron chi connectivity index (χ1n) is 4.31. The highest BCUT2D eigenvalue weighted by Crippen LogP contribution is 2.26. The van der Waals surface area contributed by atoms with Crippen molar-refractivity contribution < 1.29 is 0 Å². The maximum absolute atomic E-state index is 5.43. The van der Waals surface area contributed by atoms with Crippen LogP contribution in [0.15, 0.2) is 18.3 Å². The molecule has 0 saturated carbocycles. The van der Waals surface area contributed by atoms with E-state index in [0.717, 1.165) is 18.5 Å². The summed E-state index contributed by atoms with van der Waals surface area (Å²) in [6, 6.07) is 4.37. The van der Waals surface area contributed by atoms with Crippen LogP contribution in [0.5, 0.6) is 0 Å². The lowest BCUT2D eigenvalue weighted by molar-refractivity contribution is 0.459. The molecule has 0 amide bonds. The molecular weight excluding hydrogens is 150 g/mol. The maximum atomic E-state index is 5.43. The van der Waals surface area contributed by atoms with E-state index in [1.54, 1.807) is 0 Å². The van der Waals surface area contributed by atoms with Gasteiger partial charge in [0.15, 0.2) is 0 Å². The van der Waals surface area contributed by atoms with Gasteiger partial charge in [-0.1, -0.05) is 6.07 Å². The topological polar surface area (TPSA) is 50.9 Å². The summed E-state index contributed by atoms with van der Waals surface area (Å²) in [5.41, 5.74) is 5.27. The Morgan fingerprint density at radius 2 is 2.50 bits per heavy atom. The number of nitrogens with zero attached hydrogens (tertiary/aromatic N) is 1.